The SMILES string of the molecule is CC(=O)NCCN(C(C)=O)c1cccc(C#N)c1. The van der Waals surface area contributed by atoms with Crippen LogP contribution < -0.4 is 10.2 Å². The minimum atomic E-state index is -0.135. The second-order valence-electron chi connectivity index (χ2n) is 3.82. The van der Waals surface area contributed by atoms with Crippen LogP contribution >= 0.6 is 0 Å². The second kappa shape index (κ2) is 6.40. The van der Waals surface area contributed by atoms with Crippen LogP contribution in [0.4, 0.5) is 5.69 Å². The predicted octanol–water partition coefficient (Wildman–Crippen LogP) is 1.05. The fourth-order valence-electron chi connectivity index (χ4n) is 1.56. The summed E-state index contributed by atoms with van der Waals surface area (Å²) in [7, 11) is 0. The third kappa shape index (κ3) is 3.91. The molecule has 0 atom stereocenters. The average Bonchev–Trinajstić information content (AvgIpc) is 2.34. The minimum absolute atomic E-state index is 0.129. The van der Waals surface area contributed by atoms with Gasteiger partial charge in [0.15, 0.2) is 0 Å². The van der Waals surface area contributed by atoms with Crippen LogP contribution in [0.2, 0.25) is 0 Å². The van der Waals surface area contributed by atoms with E-state index in [-0.39, 0.29) is 11.8 Å². The van der Waals surface area contributed by atoms with Crippen LogP contribution in [0.5, 0.6) is 0 Å². The lowest BCUT2D eigenvalue weighted by molar-refractivity contribution is -0.119. The molecule has 5 nitrogen and oxygen atoms in total. The number of hydrogen-bond acceptors (Lipinski definition) is 3. The Kier molecular flexibility index (Phi) is 4.88. The highest BCUT2D eigenvalue weighted by Crippen LogP contribution is 2.15. The normalized spacial score (nSPS) is 9.39. The van der Waals surface area contributed by atoms with Gasteiger partial charge < -0.3 is 10.2 Å². The van der Waals surface area contributed by atoms with E-state index in [0.29, 0.717) is 24.3 Å². The Hall–Kier alpha value is -2.35. The van der Waals surface area contributed by atoms with Crippen molar-refractivity contribution in [1.29, 1.82) is 5.26 Å². The second-order valence-corrected chi connectivity index (χ2v) is 3.82. The van der Waals surface area contributed by atoms with E-state index >= 15 is 0 Å². The van der Waals surface area contributed by atoms with Crippen molar-refractivity contribution in [2.75, 3.05) is 18.0 Å². The zero-order valence-corrected chi connectivity index (χ0v) is 10.4. The lowest BCUT2D eigenvalue weighted by Gasteiger charge is -2.21. The standard InChI is InChI=1S/C13H15N3O2/c1-10(17)15-6-7-16(11(2)18)13-5-3-4-12(8-13)9-14/h3-5,8H,6-7H2,1-2H3,(H,15,17). The van der Waals surface area contributed by atoms with Crippen LogP contribution in [0, 0.1) is 11.3 Å². The molecule has 2 amide bonds. The summed E-state index contributed by atoms with van der Waals surface area (Å²) in [5.41, 5.74) is 1.16. The Bertz CT molecular complexity index is 491. The molecule has 0 fully saturated rings. The Balaban J connectivity index is 2.81. The highest BCUT2D eigenvalue weighted by Gasteiger charge is 2.11. The van der Waals surface area contributed by atoms with Gasteiger partial charge >= 0.3 is 0 Å². The first kappa shape index (κ1) is 13.7. The molecule has 0 bridgehead atoms. The first-order valence-electron chi connectivity index (χ1n) is 5.57. The number of amides is 2. The van der Waals surface area contributed by atoms with Gasteiger partial charge in [-0.3, -0.25) is 9.59 Å². The van der Waals surface area contributed by atoms with E-state index in [4.69, 9.17) is 5.26 Å². The molecule has 0 unspecified atom stereocenters. The molecule has 0 aromatic heterocycles. The van der Waals surface area contributed by atoms with Crippen molar-refractivity contribution in [2.24, 2.45) is 0 Å². The van der Waals surface area contributed by atoms with Crippen LogP contribution in [0.1, 0.15) is 19.4 Å². The molecule has 1 rings (SSSR count). The number of nitrogens with one attached hydrogen (secondary N) is 1. The van der Waals surface area contributed by atoms with Gasteiger partial charge in [-0.1, -0.05) is 6.07 Å². The van der Waals surface area contributed by atoms with Crippen molar-refractivity contribution < 1.29 is 9.59 Å². The molecular weight excluding hydrogens is 230 g/mol. The first-order chi connectivity index (χ1) is 8.54. The van der Waals surface area contributed by atoms with Gasteiger partial charge in [0.2, 0.25) is 11.8 Å². The van der Waals surface area contributed by atoms with E-state index in [2.05, 4.69) is 5.32 Å². The molecule has 0 spiro atoms. The largest absolute Gasteiger partial charge is 0.355 e. The first-order valence-corrected chi connectivity index (χ1v) is 5.57. The zero-order chi connectivity index (χ0) is 13.5. The van der Waals surface area contributed by atoms with Crippen LogP contribution in [-0.2, 0) is 9.59 Å². The maximum atomic E-state index is 11.6. The summed E-state index contributed by atoms with van der Waals surface area (Å²) in [6, 6.07) is 8.84. The number of rotatable bonds is 4. The van der Waals surface area contributed by atoms with Crippen LogP contribution in [0.3, 0.4) is 0 Å². The molecule has 94 valence electrons. The molecule has 1 aromatic rings. The van der Waals surface area contributed by atoms with E-state index in [1.807, 2.05) is 6.07 Å². The number of nitrogens with zero attached hydrogens (tertiary/aromatic N) is 2. The number of carbonyl (C=O) groups is 2. The van der Waals surface area contributed by atoms with Crippen molar-refractivity contribution in [2.45, 2.75) is 13.8 Å². The summed E-state index contributed by atoms with van der Waals surface area (Å²) in [6.07, 6.45) is 0. The Labute approximate surface area is 106 Å². The summed E-state index contributed by atoms with van der Waals surface area (Å²) in [5.74, 6) is -0.264. The van der Waals surface area contributed by atoms with Gasteiger partial charge in [0.1, 0.15) is 0 Å². The summed E-state index contributed by atoms with van der Waals surface area (Å²) < 4.78 is 0. The summed E-state index contributed by atoms with van der Waals surface area (Å²) in [4.78, 5) is 23.8. The Morgan fingerprint density at radius 1 is 1.39 bits per heavy atom. The van der Waals surface area contributed by atoms with E-state index in [0.717, 1.165) is 0 Å². The predicted molar refractivity (Wildman–Crippen MR) is 67.9 cm³/mol. The molecule has 0 saturated heterocycles. The lowest BCUT2D eigenvalue weighted by Crippen LogP contribution is -2.36. The van der Waals surface area contributed by atoms with Gasteiger partial charge in [0, 0.05) is 32.6 Å². The van der Waals surface area contributed by atoms with Gasteiger partial charge in [-0.15, -0.1) is 0 Å². The molecule has 0 saturated carbocycles. The maximum Gasteiger partial charge on any atom is 0.223 e. The minimum Gasteiger partial charge on any atom is -0.355 e. The number of benzene rings is 1. The van der Waals surface area contributed by atoms with Gasteiger partial charge in [-0.2, -0.15) is 5.26 Å². The van der Waals surface area contributed by atoms with Crippen molar-refractivity contribution in [1.82, 2.24) is 5.32 Å². The van der Waals surface area contributed by atoms with Gasteiger partial charge in [0.05, 0.1) is 11.6 Å². The van der Waals surface area contributed by atoms with Crippen LogP contribution in [0.25, 0.3) is 0 Å². The number of nitriles is 1. The summed E-state index contributed by atoms with van der Waals surface area (Å²) >= 11 is 0. The topological polar surface area (TPSA) is 73.2 Å². The third-order valence-electron chi connectivity index (χ3n) is 2.38. The van der Waals surface area contributed by atoms with Crippen molar-refractivity contribution in [3.63, 3.8) is 0 Å². The van der Waals surface area contributed by atoms with Gasteiger partial charge in [0.25, 0.3) is 0 Å². The third-order valence-corrected chi connectivity index (χ3v) is 2.38. The van der Waals surface area contributed by atoms with E-state index < -0.39 is 0 Å². The average molecular weight is 245 g/mol. The Morgan fingerprint density at radius 2 is 2.11 bits per heavy atom. The molecular formula is C13H15N3O2. The Morgan fingerprint density at radius 3 is 2.67 bits per heavy atom. The number of anilines is 1. The van der Waals surface area contributed by atoms with Crippen molar-refractivity contribution >= 4 is 17.5 Å². The molecule has 1 N–H and O–H groups in total. The zero-order valence-electron chi connectivity index (χ0n) is 10.4. The summed E-state index contributed by atoms with van der Waals surface area (Å²) in [5, 5.41) is 11.5. The highest BCUT2D eigenvalue weighted by molar-refractivity contribution is 5.91. The van der Waals surface area contributed by atoms with E-state index in [9.17, 15) is 9.59 Å². The molecule has 0 aliphatic heterocycles. The molecule has 18 heavy (non-hydrogen) atoms. The maximum absolute atomic E-state index is 11.6. The molecule has 0 radical (unpaired) electrons. The fraction of sp³-hybridized carbons (Fsp3) is 0.308. The van der Waals surface area contributed by atoms with E-state index in [1.165, 1.54) is 18.7 Å². The summed E-state index contributed by atoms with van der Waals surface area (Å²) in [6.45, 7) is 3.64. The number of carbonyl (C=O) groups excluding carboxylic acids is 2. The molecule has 0 heterocycles. The monoisotopic (exact) mass is 245 g/mol. The highest BCUT2D eigenvalue weighted by atomic mass is 16.2. The molecule has 1 aromatic carbocycles. The number of hydrogen-bond donors (Lipinski definition) is 1. The lowest BCUT2D eigenvalue weighted by atomic mass is 10.2. The quantitative estimate of drug-likeness (QED) is 0.861. The van der Waals surface area contributed by atoms with Crippen LogP contribution in [-0.4, -0.2) is 24.9 Å². The molecule has 0 aliphatic carbocycles. The van der Waals surface area contributed by atoms with Crippen molar-refractivity contribution in [3.8, 4) is 6.07 Å². The van der Waals surface area contributed by atoms with Crippen LogP contribution in [0.15, 0.2) is 24.3 Å². The van der Waals surface area contributed by atoms with Crippen molar-refractivity contribution in [3.05, 3.63) is 29.8 Å². The molecule has 5 heteroatoms. The molecule has 0 aliphatic rings. The van der Waals surface area contributed by atoms with Gasteiger partial charge in [-0.05, 0) is 18.2 Å². The fourth-order valence-corrected chi connectivity index (χ4v) is 1.56. The smallest absolute Gasteiger partial charge is 0.223 e. The van der Waals surface area contributed by atoms with Gasteiger partial charge in [-0.25, -0.2) is 0 Å². The van der Waals surface area contributed by atoms with E-state index in [1.54, 1.807) is 24.3 Å².